The number of rotatable bonds is 7. The number of hydrogen-bond acceptors (Lipinski definition) is 3. The van der Waals surface area contributed by atoms with E-state index in [2.05, 4.69) is 42.9 Å². The molecule has 1 rings (SSSR count). The van der Waals surface area contributed by atoms with Crippen LogP contribution in [-0.2, 0) is 0 Å². The summed E-state index contributed by atoms with van der Waals surface area (Å²) in [6, 6.07) is 0. The van der Waals surface area contributed by atoms with Crippen molar-refractivity contribution >= 4 is 5.91 Å². The van der Waals surface area contributed by atoms with Gasteiger partial charge in [-0.2, -0.15) is 5.10 Å². The number of aromatic amines is 1. The number of aromatic nitrogens is 3. The molecule has 0 radical (unpaired) electrons. The first-order valence-corrected chi connectivity index (χ1v) is 6.65. The van der Waals surface area contributed by atoms with Gasteiger partial charge in [0.05, 0.1) is 0 Å². The summed E-state index contributed by atoms with van der Waals surface area (Å²) in [6.45, 7) is 10.2. The zero-order chi connectivity index (χ0) is 13.5. The second kappa shape index (κ2) is 7.13. The van der Waals surface area contributed by atoms with Gasteiger partial charge in [-0.15, -0.1) is 0 Å². The monoisotopic (exact) mass is 252 g/mol. The number of nitrogens with zero attached hydrogens (tertiary/aromatic N) is 3. The maximum Gasteiger partial charge on any atom is 0.291 e. The molecule has 0 atom stereocenters. The van der Waals surface area contributed by atoms with E-state index in [9.17, 15) is 4.79 Å². The molecule has 1 aromatic heterocycles. The van der Waals surface area contributed by atoms with Gasteiger partial charge in [0.2, 0.25) is 5.82 Å². The molecule has 1 N–H and O–H groups in total. The molecule has 5 heteroatoms. The van der Waals surface area contributed by atoms with E-state index in [-0.39, 0.29) is 5.91 Å². The highest BCUT2D eigenvalue weighted by atomic mass is 16.2. The Labute approximate surface area is 109 Å². The van der Waals surface area contributed by atoms with E-state index in [0.717, 1.165) is 25.9 Å². The molecular formula is C13H24N4O. The first-order chi connectivity index (χ1) is 8.50. The van der Waals surface area contributed by atoms with E-state index >= 15 is 0 Å². The first-order valence-electron chi connectivity index (χ1n) is 6.65. The molecule has 0 spiro atoms. The normalized spacial score (nSPS) is 11.2. The highest BCUT2D eigenvalue weighted by Crippen LogP contribution is 2.08. The van der Waals surface area contributed by atoms with E-state index in [4.69, 9.17) is 0 Å². The average molecular weight is 252 g/mol. The number of amides is 1. The summed E-state index contributed by atoms with van der Waals surface area (Å²) >= 11 is 0. The smallest absolute Gasteiger partial charge is 0.291 e. The second-order valence-corrected chi connectivity index (χ2v) is 5.49. The second-order valence-electron chi connectivity index (χ2n) is 5.49. The molecule has 0 fully saturated rings. The summed E-state index contributed by atoms with van der Waals surface area (Å²) in [4.78, 5) is 18.0. The lowest BCUT2D eigenvalue weighted by Crippen LogP contribution is -2.34. The molecule has 1 amide bonds. The summed E-state index contributed by atoms with van der Waals surface area (Å²) in [5, 5.41) is 6.37. The van der Waals surface area contributed by atoms with Crippen LogP contribution >= 0.6 is 0 Å². The Bertz CT molecular complexity index is 334. The lowest BCUT2D eigenvalue weighted by atomic mass is 10.1. The average Bonchev–Trinajstić information content (AvgIpc) is 2.81. The fraction of sp³-hybridized carbons (Fsp3) is 0.769. The molecule has 0 saturated carbocycles. The van der Waals surface area contributed by atoms with Gasteiger partial charge in [-0.25, -0.2) is 4.98 Å². The molecule has 1 heterocycles. The zero-order valence-corrected chi connectivity index (χ0v) is 11.8. The van der Waals surface area contributed by atoms with Crippen molar-refractivity contribution in [3.8, 4) is 0 Å². The Morgan fingerprint density at radius 2 is 1.78 bits per heavy atom. The van der Waals surface area contributed by atoms with Gasteiger partial charge in [0, 0.05) is 13.1 Å². The van der Waals surface area contributed by atoms with E-state index in [1.54, 1.807) is 0 Å². The third-order valence-electron chi connectivity index (χ3n) is 2.86. The largest absolute Gasteiger partial charge is 0.336 e. The predicted molar refractivity (Wildman–Crippen MR) is 71.2 cm³/mol. The summed E-state index contributed by atoms with van der Waals surface area (Å²) in [5.41, 5.74) is 0. The number of H-pyrrole nitrogens is 1. The molecule has 0 bridgehead atoms. The predicted octanol–water partition coefficient (Wildman–Crippen LogP) is 2.34. The highest BCUT2D eigenvalue weighted by molar-refractivity contribution is 5.90. The highest BCUT2D eigenvalue weighted by Gasteiger charge is 2.18. The third kappa shape index (κ3) is 4.85. The van der Waals surface area contributed by atoms with Crippen LogP contribution in [0.5, 0.6) is 0 Å². The van der Waals surface area contributed by atoms with Crippen molar-refractivity contribution in [1.29, 1.82) is 0 Å². The van der Waals surface area contributed by atoms with Gasteiger partial charge >= 0.3 is 0 Å². The van der Waals surface area contributed by atoms with Gasteiger partial charge in [0.1, 0.15) is 6.33 Å². The standard InChI is InChI=1S/C13H24N4O/c1-10(2)5-7-17(8-6-11(3)4)13(18)12-14-9-15-16-12/h9-11H,5-8H2,1-4H3,(H,14,15,16). The maximum absolute atomic E-state index is 12.2. The van der Waals surface area contributed by atoms with Crippen molar-refractivity contribution in [2.75, 3.05) is 13.1 Å². The Balaban J connectivity index is 2.60. The minimum atomic E-state index is -0.0474. The fourth-order valence-corrected chi connectivity index (χ4v) is 1.60. The van der Waals surface area contributed by atoms with Crippen molar-refractivity contribution < 1.29 is 4.79 Å². The molecule has 0 aromatic carbocycles. The topological polar surface area (TPSA) is 61.9 Å². The van der Waals surface area contributed by atoms with Crippen LogP contribution < -0.4 is 0 Å². The molecule has 0 aliphatic carbocycles. The van der Waals surface area contributed by atoms with Crippen LogP contribution in [0.4, 0.5) is 0 Å². The Hall–Kier alpha value is -1.39. The molecular weight excluding hydrogens is 228 g/mol. The molecule has 5 nitrogen and oxygen atoms in total. The van der Waals surface area contributed by atoms with Gasteiger partial charge in [0.15, 0.2) is 0 Å². The van der Waals surface area contributed by atoms with Crippen LogP contribution in [0, 0.1) is 11.8 Å². The van der Waals surface area contributed by atoms with Gasteiger partial charge in [-0.3, -0.25) is 9.89 Å². The summed E-state index contributed by atoms with van der Waals surface area (Å²) < 4.78 is 0. The van der Waals surface area contributed by atoms with Crippen LogP contribution in [0.25, 0.3) is 0 Å². The zero-order valence-electron chi connectivity index (χ0n) is 11.8. The number of carbonyl (C=O) groups is 1. The van der Waals surface area contributed by atoms with Crippen molar-refractivity contribution in [1.82, 2.24) is 20.1 Å². The third-order valence-corrected chi connectivity index (χ3v) is 2.86. The van der Waals surface area contributed by atoms with Crippen LogP contribution in [0.2, 0.25) is 0 Å². The van der Waals surface area contributed by atoms with Crippen molar-refractivity contribution in [3.63, 3.8) is 0 Å². The van der Waals surface area contributed by atoms with Crippen molar-refractivity contribution in [2.24, 2.45) is 11.8 Å². The van der Waals surface area contributed by atoms with Gasteiger partial charge in [0.25, 0.3) is 5.91 Å². The van der Waals surface area contributed by atoms with Crippen molar-refractivity contribution in [2.45, 2.75) is 40.5 Å². The Morgan fingerprint density at radius 1 is 1.22 bits per heavy atom. The minimum absolute atomic E-state index is 0.0474. The van der Waals surface area contributed by atoms with Gasteiger partial charge < -0.3 is 4.90 Å². The lowest BCUT2D eigenvalue weighted by Gasteiger charge is -2.23. The fourth-order valence-electron chi connectivity index (χ4n) is 1.60. The van der Waals surface area contributed by atoms with Gasteiger partial charge in [-0.05, 0) is 24.7 Å². The summed E-state index contributed by atoms with van der Waals surface area (Å²) in [6.07, 6.45) is 3.40. The van der Waals surface area contributed by atoms with E-state index in [1.807, 2.05) is 4.90 Å². The molecule has 18 heavy (non-hydrogen) atoms. The van der Waals surface area contributed by atoms with Gasteiger partial charge in [-0.1, -0.05) is 27.7 Å². The van der Waals surface area contributed by atoms with E-state index in [0.29, 0.717) is 17.7 Å². The molecule has 0 unspecified atom stereocenters. The van der Waals surface area contributed by atoms with Crippen LogP contribution in [0.3, 0.4) is 0 Å². The quantitative estimate of drug-likeness (QED) is 0.810. The SMILES string of the molecule is CC(C)CCN(CCC(C)C)C(=O)c1ncn[nH]1. The van der Waals surface area contributed by atoms with Crippen LogP contribution in [0.1, 0.15) is 51.2 Å². The van der Waals surface area contributed by atoms with Crippen LogP contribution in [0.15, 0.2) is 6.33 Å². The molecule has 102 valence electrons. The van der Waals surface area contributed by atoms with E-state index in [1.165, 1.54) is 6.33 Å². The first kappa shape index (κ1) is 14.7. The molecule has 0 saturated heterocycles. The lowest BCUT2D eigenvalue weighted by molar-refractivity contribution is 0.0729. The number of carbonyl (C=O) groups excluding carboxylic acids is 1. The van der Waals surface area contributed by atoms with E-state index < -0.39 is 0 Å². The molecule has 0 aliphatic heterocycles. The maximum atomic E-state index is 12.2. The summed E-state index contributed by atoms with van der Waals surface area (Å²) in [7, 11) is 0. The number of nitrogens with one attached hydrogen (secondary N) is 1. The Morgan fingerprint density at radius 3 is 2.17 bits per heavy atom. The molecule has 1 aromatic rings. The molecule has 0 aliphatic rings. The number of hydrogen-bond donors (Lipinski definition) is 1. The van der Waals surface area contributed by atoms with Crippen LogP contribution in [-0.4, -0.2) is 39.1 Å². The summed E-state index contributed by atoms with van der Waals surface area (Å²) in [5.74, 6) is 1.47. The van der Waals surface area contributed by atoms with Crippen molar-refractivity contribution in [3.05, 3.63) is 12.2 Å². The minimum Gasteiger partial charge on any atom is -0.336 e. The Kier molecular flexibility index (Phi) is 5.82.